The lowest BCUT2D eigenvalue weighted by atomic mass is 10.1. The van der Waals surface area contributed by atoms with Crippen LogP contribution in [0.25, 0.3) is 0 Å². The Hall–Kier alpha value is -1.92. The van der Waals surface area contributed by atoms with Crippen molar-refractivity contribution in [1.29, 1.82) is 0 Å². The van der Waals surface area contributed by atoms with E-state index < -0.39 is 0 Å². The van der Waals surface area contributed by atoms with E-state index in [0.717, 1.165) is 32.4 Å². The average Bonchev–Trinajstić information content (AvgIpc) is 2.66. The number of likely N-dealkylation sites (N-methyl/N-ethyl adjacent to an activating group) is 1. The third-order valence-corrected chi connectivity index (χ3v) is 4.60. The number of nitrogens with zero attached hydrogens (tertiary/aromatic N) is 2. The molecule has 2 rings (SSSR count). The summed E-state index contributed by atoms with van der Waals surface area (Å²) in [4.78, 5) is 27.6. The quantitative estimate of drug-likeness (QED) is 0.727. The van der Waals surface area contributed by atoms with Crippen molar-refractivity contribution in [3.05, 3.63) is 35.9 Å². The van der Waals surface area contributed by atoms with Crippen LogP contribution in [0, 0.1) is 0 Å². The Morgan fingerprint density at radius 2 is 1.92 bits per heavy atom. The van der Waals surface area contributed by atoms with Crippen LogP contribution in [0.15, 0.2) is 30.3 Å². The van der Waals surface area contributed by atoms with Gasteiger partial charge < -0.3 is 15.0 Å². The number of carbonyl (C=O) groups is 2. The molecule has 1 fully saturated rings. The van der Waals surface area contributed by atoms with Crippen LogP contribution >= 0.6 is 0 Å². The first kappa shape index (κ1) is 20.4. The van der Waals surface area contributed by atoms with Crippen molar-refractivity contribution in [3.63, 3.8) is 0 Å². The second-order valence-electron chi connectivity index (χ2n) is 6.87. The minimum atomic E-state index is -0.101. The van der Waals surface area contributed by atoms with Crippen LogP contribution in [0.5, 0.6) is 0 Å². The Morgan fingerprint density at radius 3 is 2.58 bits per heavy atom. The molecule has 1 saturated heterocycles. The first-order valence-electron chi connectivity index (χ1n) is 9.47. The summed E-state index contributed by atoms with van der Waals surface area (Å²) >= 11 is 0. The van der Waals surface area contributed by atoms with Crippen LogP contribution in [0.4, 0.5) is 0 Å². The highest BCUT2D eigenvalue weighted by Gasteiger charge is 2.23. The van der Waals surface area contributed by atoms with Gasteiger partial charge in [0, 0.05) is 26.7 Å². The number of ether oxygens (including phenoxy) is 1. The van der Waals surface area contributed by atoms with Crippen LogP contribution in [-0.4, -0.2) is 67.5 Å². The molecule has 6 heteroatoms. The topological polar surface area (TPSA) is 61.9 Å². The second kappa shape index (κ2) is 10.9. The van der Waals surface area contributed by atoms with Gasteiger partial charge in [-0.15, -0.1) is 0 Å². The molecule has 0 unspecified atom stereocenters. The molecule has 0 bridgehead atoms. The Morgan fingerprint density at radius 1 is 1.23 bits per heavy atom. The predicted molar refractivity (Wildman–Crippen MR) is 102 cm³/mol. The number of hydrogen-bond acceptors (Lipinski definition) is 4. The molecule has 1 aliphatic rings. The maximum absolute atomic E-state index is 12.3. The molecule has 144 valence electrons. The molecule has 1 aromatic rings. The molecular formula is C20H31N3O3. The first-order chi connectivity index (χ1) is 12.6. The number of rotatable bonds is 9. The fourth-order valence-corrected chi connectivity index (χ4v) is 2.96. The molecule has 6 nitrogen and oxygen atoms in total. The number of piperidine rings is 1. The van der Waals surface area contributed by atoms with Crippen LogP contribution in [-0.2, 0) is 20.9 Å². The molecule has 0 aliphatic carbocycles. The van der Waals surface area contributed by atoms with E-state index in [4.69, 9.17) is 4.74 Å². The second-order valence-corrected chi connectivity index (χ2v) is 6.87. The van der Waals surface area contributed by atoms with E-state index in [1.807, 2.05) is 25.1 Å². The van der Waals surface area contributed by atoms with E-state index in [1.165, 1.54) is 10.5 Å². The van der Waals surface area contributed by atoms with Gasteiger partial charge in [0.1, 0.15) is 0 Å². The summed E-state index contributed by atoms with van der Waals surface area (Å²) < 4.78 is 5.98. The van der Waals surface area contributed by atoms with Gasteiger partial charge in [-0.3, -0.25) is 14.5 Å². The molecule has 2 amide bonds. The zero-order valence-corrected chi connectivity index (χ0v) is 15.9. The van der Waals surface area contributed by atoms with Crippen molar-refractivity contribution >= 4 is 11.8 Å². The van der Waals surface area contributed by atoms with Gasteiger partial charge in [-0.1, -0.05) is 37.3 Å². The lowest BCUT2D eigenvalue weighted by molar-refractivity contribution is -0.136. The smallest absolute Gasteiger partial charge is 0.239 e. The first-order valence-corrected chi connectivity index (χ1v) is 9.47. The van der Waals surface area contributed by atoms with Crippen LogP contribution < -0.4 is 5.32 Å². The van der Waals surface area contributed by atoms with Crippen molar-refractivity contribution in [2.24, 2.45) is 0 Å². The Labute approximate surface area is 156 Å². The molecule has 0 atom stereocenters. The molecule has 1 heterocycles. The van der Waals surface area contributed by atoms with E-state index in [1.54, 1.807) is 7.05 Å². The molecular weight excluding hydrogens is 330 g/mol. The van der Waals surface area contributed by atoms with Crippen molar-refractivity contribution in [2.45, 2.75) is 38.9 Å². The van der Waals surface area contributed by atoms with Gasteiger partial charge >= 0.3 is 0 Å². The van der Waals surface area contributed by atoms with Gasteiger partial charge in [-0.05, 0) is 24.8 Å². The van der Waals surface area contributed by atoms with Crippen molar-refractivity contribution in [2.75, 3.05) is 39.8 Å². The molecule has 1 aromatic carbocycles. The van der Waals surface area contributed by atoms with Crippen LogP contribution in [0.2, 0.25) is 0 Å². The third kappa shape index (κ3) is 7.14. The van der Waals surface area contributed by atoms with E-state index >= 15 is 0 Å². The van der Waals surface area contributed by atoms with Gasteiger partial charge in [-0.25, -0.2) is 0 Å². The highest BCUT2D eigenvalue weighted by atomic mass is 16.5. The Balaban J connectivity index is 1.64. The van der Waals surface area contributed by atoms with E-state index in [0.29, 0.717) is 19.7 Å². The Bertz CT molecular complexity index is 557. The molecule has 0 aromatic heterocycles. The van der Waals surface area contributed by atoms with Gasteiger partial charge in [0.05, 0.1) is 25.8 Å². The van der Waals surface area contributed by atoms with Gasteiger partial charge in [0.25, 0.3) is 0 Å². The number of carbonyl (C=O) groups excluding carboxylic acids is 2. The highest BCUT2D eigenvalue weighted by molar-refractivity contribution is 5.85. The van der Waals surface area contributed by atoms with E-state index in [9.17, 15) is 9.59 Å². The molecule has 0 radical (unpaired) electrons. The van der Waals surface area contributed by atoms with Gasteiger partial charge in [-0.2, -0.15) is 0 Å². The van der Waals surface area contributed by atoms with Crippen LogP contribution in [0.3, 0.4) is 0 Å². The molecule has 1 N–H and O–H groups in total. The lowest BCUT2D eigenvalue weighted by Gasteiger charge is -2.32. The largest absolute Gasteiger partial charge is 0.373 e. The standard InChI is InChI=1S/C20H31N3O3/c1-3-11-21-19(24)14-22(2)20(25)15-23-12-9-18(10-13-23)26-16-17-7-5-4-6-8-17/h4-8,18H,3,9-16H2,1-2H3,(H,21,24). The summed E-state index contributed by atoms with van der Waals surface area (Å²) in [5.41, 5.74) is 1.19. The van der Waals surface area contributed by atoms with Crippen molar-refractivity contribution in [1.82, 2.24) is 15.1 Å². The zero-order valence-electron chi connectivity index (χ0n) is 15.9. The summed E-state index contributed by atoms with van der Waals surface area (Å²) in [6, 6.07) is 10.2. The minimum absolute atomic E-state index is 0.0136. The fourth-order valence-electron chi connectivity index (χ4n) is 2.96. The molecule has 0 saturated carbocycles. The molecule has 26 heavy (non-hydrogen) atoms. The summed E-state index contributed by atoms with van der Waals surface area (Å²) in [7, 11) is 1.68. The number of hydrogen-bond donors (Lipinski definition) is 1. The highest BCUT2D eigenvalue weighted by Crippen LogP contribution is 2.15. The zero-order chi connectivity index (χ0) is 18.8. The Kier molecular flexibility index (Phi) is 8.58. The van der Waals surface area contributed by atoms with Gasteiger partial charge in [0.15, 0.2) is 0 Å². The normalized spacial score (nSPS) is 15.6. The maximum atomic E-state index is 12.3. The predicted octanol–water partition coefficient (Wildman–Crippen LogP) is 1.65. The summed E-state index contributed by atoms with van der Waals surface area (Å²) in [5.74, 6) is -0.115. The van der Waals surface area contributed by atoms with Crippen molar-refractivity contribution < 1.29 is 14.3 Å². The number of benzene rings is 1. The summed E-state index contributed by atoms with van der Waals surface area (Å²) in [6.07, 6.45) is 3.01. The number of nitrogens with one attached hydrogen (secondary N) is 1. The fraction of sp³-hybridized carbons (Fsp3) is 0.600. The van der Waals surface area contributed by atoms with E-state index in [2.05, 4.69) is 22.3 Å². The summed E-state index contributed by atoms with van der Waals surface area (Å²) in [5, 5.41) is 2.79. The van der Waals surface area contributed by atoms with Gasteiger partial charge in [0.2, 0.25) is 11.8 Å². The van der Waals surface area contributed by atoms with E-state index in [-0.39, 0.29) is 24.5 Å². The summed E-state index contributed by atoms with van der Waals surface area (Å²) in [6.45, 7) is 5.47. The monoisotopic (exact) mass is 361 g/mol. The SMILES string of the molecule is CCCNC(=O)CN(C)C(=O)CN1CCC(OCc2ccccc2)CC1. The van der Waals surface area contributed by atoms with Crippen molar-refractivity contribution in [3.8, 4) is 0 Å². The van der Waals surface area contributed by atoms with Crippen LogP contribution in [0.1, 0.15) is 31.7 Å². The molecule has 1 aliphatic heterocycles. The maximum Gasteiger partial charge on any atom is 0.239 e. The minimum Gasteiger partial charge on any atom is -0.373 e. The third-order valence-electron chi connectivity index (χ3n) is 4.60. The molecule has 0 spiro atoms. The lowest BCUT2D eigenvalue weighted by Crippen LogP contribution is -2.46. The number of amides is 2. The number of likely N-dealkylation sites (tertiary alicyclic amines) is 1. The average molecular weight is 361 g/mol.